The first-order valence-electron chi connectivity index (χ1n) is 3.95. The van der Waals surface area contributed by atoms with Crippen molar-refractivity contribution < 1.29 is 28.4 Å². The van der Waals surface area contributed by atoms with Crippen LogP contribution in [0.4, 0.5) is 0 Å². The van der Waals surface area contributed by atoms with E-state index in [1.54, 1.807) is 6.92 Å². The van der Waals surface area contributed by atoms with Gasteiger partial charge in [-0.05, 0) is 6.92 Å². The van der Waals surface area contributed by atoms with Gasteiger partial charge in [0.15, 0.2) is 0 Å². The number of allylic oxidation sites excluding steroid dienone is 1. The minimum atomic E-state index is -4.40. The molecule has 82 valence electrons. The standard InChI is InChI=1S/C7H13O6P/c1-2-4-7(8)12-5-3-6-13-14(9,10)11/h2,4H,3,5-6H2,1H3,(H2,9,10,11). The molecule has 0 heterocycles. The molecule has 0 unspecified atom stereocenters. The molecule has 0 aliphatic heterocycles. The Kier molecular flexibility index (Phi) is 6.40. The van der Waals surface area contributed by atoms with Crippen molar-refractivity contribution in [3.63, 3.8) is 0 Å². The van der Waals surface area contributed by atoms with Gasteiger partial charge in [0.2, 0.25) is 0 Å². The third kappa shape index (κ3) is 9.41. The molecule has 0 aromatic carbocycles. The van der Waals surface area contributed by atoms with Crippen LogP contribution in [0.5, 0.6) is 0 Å². The van der Waals surface area contributed by atoms with Gasteiger partial charge in [-0.25, -0.2) is 9.36 Å². The van der Waals surface area contributed by atoms with E-state index in [1.165, 1.54) is 12.2 Å². The molecule has 0 saturated carbocycles. The highest BCUT2D eigenvalue weighted by Crippen LogP contribution is 2.35. The van der Waals surface area contributed by atoms with Crippen molar-refractivity contribution in [1.29, 1.82) is 0 Å². The normalized spacial score (nSPS) is 11.9. The van der Waals surface area contributed by atoms with Crippen LogP contribution in [0.3, 0.4) is 0 Å². The Bertz CT molecular complexity index is 243. The van der Waals surface area contributed by atoms with Gasteiger partial charge in [0.25, 0.3) is 0 Å². The van der Waals surface area contributed by atoms with Gasteiger partial charge >= 0.3 is 13.8 Å². The van der Waals surface area contributed by atoms with E-state index in [9.17, 15) is 9.36 Å². The van der Waals surface area contributed by atoms with Gasteiger partial charge in [0, 0.05) is 12.5 Å². The number of carbonyl (C=O) groups excluding carboxylic acids is 1. The molecule has 0 atom stereocenters. The molecule has 2 N–H and O–H groups in total. The fourth-order valence-corrected chi connectivity index (χ4v) is 0.966. The second-order valence-corrected chi connectivity index (χ2v) is 3.58. The lowest BCUT2D eigenvalue weighted by atomic mass is 10.5. The molecule has 6 nitrogen and oxygen atoms in total. The van der Waals surface area contributed by atoms with Crippen molar-refractivity contribution in [1.82, 2.24) is 0 Å². The van der Waals surface area contributed by atoms with Crippen LogP contribution in [-0.2, 0) is 18.6 Å². The number of esters is 1. The minimum absolute atomic E-state index is 0.0726. The lowest BCUT2D eigenvalue weighted by Gasteiger charge is -2.04. The summed E-state index contributed by atoms with van der Waals surface area (Å²) in [6, 6.07) is 0. The largest absolute Gasteiger partial charge is 0.469 e. The molecular weight excluding hydrogens is 211 g/mol. The number of ether oxygens (including phenoxy) is 1. The summed E-state index contributed by atoms with van der Waals surface area (Å²) in [4.78, 5) is 27.3. The summed E-state index contributed by atoms with van der Waals surface area (Å²) in [7, 11) is -4.40. The molecule has 0 rings (SSSR count). The average Bonchev–Trinajstić information content (AvgIpc) is 2.02. The minimum Gasteiger partial charge on any atom is -0.462 e. The zero-order valence-corrected chi connectivity index (χ0v) is 8.65. The number of hydrogen-bond acceptors (Lipinski definition) is 4. The highest BCUT2D eigenvalue weighted by atomic mass is 31.2. The van der Waals surface area contributed by atoms with Crippen molar-refractivity contribution in [3.8, 4) is 0 Å². The van der Waals surface area contributed by atoms with Crippen LogP contribution in [0.25, 0.3) is 0 Å². The monoisotopic (exact) mass is 224 g/mol. The molecule has 0 bridgehead atoms. The highest BCUT2D eigenvalue weighted by Gasteiger charge is 2.12. The van der Waals surface area contributed by atoms with Crippen LogP contribution in [0.15, 0.2) is 12.2 Å². The number of rotatable bonds is 6. The van der Waals surface area contributed by atoms with Crippen LogP contribution in [0.1, 0.15) is 13.3 Å². The Morgan fingerprint density at radius 2 is 2.07 bits per heavy atom. The fourth-order valence-electron chi connectivity index (χ4n) is 0.599. The molecule has 0 aromatic rings. The van der Waals surface area contributed by atoms with Gasteiger partial charge in [0.1, 0.15) is 0 Å². The third-order valence-electron chi connectivity index (χ3n) is 1.10. The topological polar surface area (TPSA) is 93.1 Å². The molecule has 0 aliphatic carbocycles. The summed E-state index contributed by atoms with van der Waals surface area (Å²) in [6.07, 6.45) is 3.03. The van der Waals surface area contributed by atoms with Crippen molar-refractivity contribution in [3.05, 3.63) is 12.2 Å². The third-order valence-corrected chi connectivity index (χ3v) is 1.61. The first-order chi connectivity index (χ1) is 6.45. The molecule has 0 spiro atoms. The molecule has 7 heteroatoms. The maximum atomic E-state index is 10.7. The SMILES string of the molecule is CC=CC(=O)OCCCOP(=O)(O)O. The summed E-state index contributed by atoms with van der Waals surface area (Å²) in [6.45, 7) is 1.61. The zero-order chi connectivity index (χ0) is 11.0. The number of phosphoric ester groups is 1. The van der Waals surface area contributed by atoms with E-state index in [0.717, 1.165) is 0 Å². The van der Waals surface area contributed by atoms with Crippen LogP contribution in [-0.4, -0.2) is 29.0 Å². The van der Waals surface area contributed by atoms with Gasteiger partial charge in [-0.2, -0.15) is 0 Å². The van der Waals surface area contributed by atoms with E-state index in [2.05, 4.69) is 9.26 Å². The van der Waals surface area contributed by atoms with Crippen LogP contribution in [0.2, 0.25) is 0 Å². The van der Waals surface area contributed by atoms with Gasteiger partial charge in [-0.3, -0.25) is 4.52 Å². The number of phosphoric acid groups is 1. The summed E-state index contributed by atoms with van der Waals surface area (Å²) in [5.74, 6) is -0.483. The Hall–Kier alpha value is -0.680. The van der Waals surface area contributed by atoms with Gasteiger partial charge in [-0.1, -0.05) is 6.08 Å². The average molecular weight is 224 g/mol. The maximum absolute atomic E-state index is 10.7. The smallest absolute Gasteiger partial charge is 0.462 e. The molecule has 14 heavy (non-hydrogen) atoms. The van der Waals surface area contributed by atoms with E-state index in [4.69, 9.17) is 9.79 Å². The molecular formula is C7H13O6P. The zero-order valence-electron chi connectivity index (χ0n) is 7.75. The van der Waals surface area contributed by atoms with Gasteiger partial charge in [0.05, 0.1) is 13.2 Å². The molecule has 0 radical (unpaired) electrons. The fraction of sp³-hybridized carbons (Fsp3) is 0.571. The first-order valence-corrected chi connectivity index (χ1v) is 5.48. The summed E-state index contributed by atoms with van der Waals surface area (Å²) < 4.78 is 19.0. The molecule has 0 saturated heterocycles. The number of carbonyl (C=O) groups is 1. The van der Waals surface area contributed by atoms with E-state index in [-0.39, 0.29) is 19.6 Å². The van der Waals surface area contributed by atoms with Crippen LogP contribution in [0, 0.1) is 0 Å². The Labute approximate surface area is 81.8 Å². The second-order valence-electron chi connectivity index (χ2n) is 2.34. The lowest BCUT2D eigenvalue weighted by Crippen LogP contribution is -2.04. The van der Waals surface area contributed by atoms with E-state index >= 15 is 0 Å². The highest BCUT2D eigenvalue weighted by molar-refractivity contribution is 7.46. The summed E-state index contributed by atoms with van der Waals surface area (Å²) >= 11 is 0. The van der Waals surface area contributed by atoms with Gasteiger partial charge in [-0.15, -0.1) is 0 Å². The Balaban J connectivity index is 3.39. The molecule has 0 aromatic heterocycles. The summed E-state index contributed by atoms with van der Waals surface area (Å²) in [5.41, 5.74) is 0. The maximum Gasteiger partial charge on any atom is 0.469 e. The van der Waals surface area contributed by atoms with Crippen molar-refractivity contribution in [2.24, 2.45) is 0 Å². The predicted octanol–water partition coefficient (Wildman–Crippen LogP) is 0.605. The van der Waals surface area contributed by atoms with Crippen LogP contribution < -0.4 is 0 Å². The predicted molar refractivity (Wildman–Crippen MR) is 48.4 cm³/mol. The Morgan fingerprint density at radius 3 is 2.57 bits per heavy atom. The quantitative estimate of drug-likeness (QED) is 0.297. The van der Waals surface area contributed by atoms with Crippen molar-refractivity contribution in [2.75, 3.05) is 13.2 Å². The molecule has 0 aliphatic rings. The molecule has 0 amide bonds. The summed E-state index contributed by atoms with van der Waals surface area (Å²) in [5, 5.41) is 0. The van der Waals surface area contributed by atoms with Crippen LogP contribution >= 0.6 is 7.82 Å². The number of hydrogen-bond donors (Lipinski definition) is 2. The second kappa shape index (κ2) is 6.73. The lowest BCUT2D eigenvalue weighted by molar-refractivity contribution is -0.137. The van der Waals surface area contributed by atoms with E-state index in [0.29, 0.717) is 0 Å². The Morgan fingerprint density at radius 1 is 1.43 bits per heavy atom. The van der Waals surface area contributed by atoms with Crippen molar-refractivity contribution >= 4 is 13.8 Å². The van der Waals surface area contributed by atoms with E-state index in [1.807, 2.05) is 0 Å². The molecule has 0 fully saturated rings. The van der Waals surface area contributed by atoms with Crippen molar-refractivity contribution in [2.45, 2.75) is 13.3 Å². The first kappa shape index (κ1) is 13.3. The van der Waals surface area contributed by atoms with Gasteiger partial charge < -0.3 is 14.5 Å². The van der Waals surface area contributed by atoms with E-state index < -0.39 is 13.8 Å².